The van der Waals surface area contributed by atoms with Gasteiger partial charge in [-0.25, -0.2) is 0 Å². The van der Waals surface area contributed by atoms with Crippen molar-refractivity contribution in [3.05, 3.63) is 46.2 Å². The molecule has 1 saturated heterocycles. The zero-order valence-corrected chi connectivity index (χ0v) is 13.3. The highest BCUT2D eigenvalue weighted by Gasteiger charge is 2.44. The van der Waals surface area contributed by atoms with Crippen LogP contribution in [-0.4, -0.2) is 41.0 Å². The summed E-state index contributed by atoms with van der Waals surface area (Å²) >= 11 is 0. The molecule has 1 aromatic carbocycles. The second kappa shape index (κ2) is 6.05. The van der Waals surface area contributed by atoms with E-state index in [1.807, 2.05) is 4.90 Å². The molecular weight excluding hydrogens is 339 g/mol. The van der Waals surface area contributed by atoms with E-state index in [-0.39, 0.29) is 24.8 Å². The highest BCUT2D eigenvalue weighted by molar-refractivity contribution is 5.82. The monoisotopic (exact) mass is 355 g/mol. The first kappa shape index (κ1) is 17.2. The second-order valence-corrected chi connectivity index (χ2v) is 6.20. The minimum absolute atomic E-state index is 0.000932. The van der Waals surface area contributed by atoms with E-state index in [4.69, 9.17) is 0 Å². The van der Waals surface area contributed by atoms with Crippen LogP contribution in [0.1, 0.15) is 18.4 Å². The smallest absolute Gasteiger partial charge is 0.342 e. The lowest BCUT2D eigenvalue weighted by molar-refractivity contribution is -0.384. The SMILES string of the molecule is C=C1Cc2cc([N+](=O)[O-])ccc2N1C1CCN(C(=O)C(F)(F)F)CC1. The maximum absolute atomic E-state index is 12.5. The zero-order chi connectivity index (χ0) is 18.4. The van der Waals surface area contributed by atoms with Crippen LogP contribution in [0, 0.1) is 10.1 Å². The molecule has 6 nitrogen and oxygen atoms in total. The molecule has 0 aliphatic carbocycles. The first-order valence-corrected chi connectivity index (χ1v) is 7.79. The van der Waals surface area contributed by atoms with Gasteiger partial charge in [-0.2, -0.15) is 13.2 Å². The molecule has 0 bridgehead atoms. The Labute approximate surface area is 141 Å². The number of rotatable bonds is 2. The topological polar surface area (TPSA) is 66.7 Å². The fourth-order valence-electron chi connectivity index (χ4n) is 3.50. The molecule has 0 unspecified atom stereocenters. The van der Waals surface area contributed by atoms with Crippen molar-refractivity contribution in [3.63, 3.8) is 0 Å². The first-order chi connectivity index (χ1) is 11.7. The molecule has 1 amide bonds. The second-order valence-electron chi connectivity index (χ2n) is 6.20. The van der Waals surface area contributed by atoms with Gasteiger partial charge >= 0.3 is 12.1 Å². The van der Waals surface area contributed by atoms with Crippen molar-refractivity contribution < 1.29 is 22.9 Å². The van der Waals surface area contributed by atoms with Crippen LogP contribution in [0.25, 0.3) is 0 Å². The highest BCUT2D eigenvalue weighted by Crippen LogP contribution is 2.39. The van der Waals surface area contributed by atoms with Crippen molar-refractivity contribution in [1.29, 1.82) is 0 Å². The van der Waals surface area contributed by atoms with Crippen molar-refractivity contribution in [1.82, 2.24) is 4.90 Å². The molecule has 0 aromatic heterocycles. The minimum atomic E-state index is -4.85. The predicted molar refractivity (Wildman–Crippen MR) is 84.1 cm³/mol. The van der Waals surface area contributed by atoms with E-state index in [2.05, 4.69) is 6.58 Å². The van der Waals surface area contributed by atoms with Crippen LogP contribution in [0.2, 0.25) is 0 Å². The van der Waals surface area contributed by atoms with E-state index in [0.29, 0.717) is 19.3 Å². The third-order valence-corrected chi connectivity index (χ3v) is 4.63. The van der Waals surface area contributed by atoms with Gasteiger partial charge in [-0.1, -0.05) is 6.58 Å². The summed E-state index contributed by atoms with van der Waals surface area (Å²) in [4.78, 5) is 24.5. The van der Waals surface area contributed by atoms with Crippen molar-refractivity contribution >= 4 is 17.3 Å². The molecule has 1 fully saturated rings. The molecule has 25 heavy (non-hydrogen) atoms. The highest BCUT2D eigenvalue weighted by atomic mass is 19.4. The van der Waals surface area contributed by atoms with Crippen LogP contribution < -0.4 is 4.90 Å². The molecule has 0 N–H and O–H groups in total. The fourth-order valence-corrected chi connectivity index (χ4v) is 3.50. The molecule has 3 rings (SSSR count). The third kappa shape index (κ3) is 3.18. The molecule has 2 aliphatic rings. The number of nitrogens with zero attached hydrogens (tertiary/aromatic N) is 3. The van der Waals surface area contributed by atoms with E-state index in [9.17, 15) is 28.1 Å². The van der Waals surface area contributed by atoms with Crippen LogP contribution in [0.15, 0.2) is 30.5 Å². The average molecular weight is 355 g/mol. The number of hydrogen-bond acceptors (Lipinski definition) is 4. The zero-order valence-electron chi connectivity index (χ0n) is 13.3. The van der Waals surface area contributed by atoms with Gasteiger partial charge < -0.3 is 9.80 Å². The fraction of sp³-hybridized carbons (Fsp3) is 0.438. The Morgan fingerprint density at radius 2 is 1.92 bits per heavy atom. The molecule has 0 saturated carbocycles. The number of halogens is 3. The Hall–Kier alpha value is -2.58. The van der Waals surface area contributed by atoms with E-state index in [0.717, 1.165) is 21.8 Å². The number of carbonyl (C=O) groups is 1. The van der Waals surface area contributed by atoms with Gasteiger partial charge in [-0.05, 0) is 24.5 Å². The maximum Gasteiger partial charge on any atom is 0.471 e. The van der Waals surface area contributed by atoms with Crippen LogP contribution >= 0.6 is 0 Å². The molecule has 134 valence electrons. The number of hydrogen-bond donors (Lipinski definition) is 0. The summed E-state index contributed by atoms with van der Waals surface area (Å²) in [6, 6.07) is 4.49. The van der Waals surface area contributed by atoms with Crippen molar-refractivity contribution in [3.8, 4) is 0 Å². The largest absolute Gasteiger partial charge is 0.471 e. The summed E-state index contributed by atoms with van der Waals surface area (Å²) < 4.78 is 37.6. The van der Waals surface area contributed by atoms with E-state index >= 15 is 0 Å². The Balaban J connectivity index is 1.74. The van der Waals surface area contributed by atoms with Crippen molar-refractivity contribution in [2.75, 3.05) is 18.0 Å². The Bertz CT molecular complexity index is 740. The van der Waals surface area contributed by atoms with Gasteiger partial charge in [0.15, 0.2) is 0 Å². The van der Waals surface area contributed by atoms with Crippen LogP contribution in [0.4, 0.5) is 24.5 Å². The van der Waals surface area contributed by atoms with E-state index < -0.39 is 17.0 Å². The molecule has 2 aliphatic heterocycles. The summed E-state index contributed by atoms with van der Waals surface area (Å²) in [7, 11) is 0. The Morgan fingerprint density at radius 3 is 2.48 bits per heavy atom. The molecule has 2 heterocycles. The lowest BCUT2D eigenvalue weighted by Crippen LogP contribution is -2.49. The van der Waals surface area contributed by atoms with Gasteiger partial charge in [0.1, 0.15) is 0 Å². The number of non-ortho nitro benzene ring substituents is 1. The normalized spacial score (nSPS) is 18.4. The van der Waals surface area contributed by atoms with Crippen LogP contribution in [-0.2, 0) is 11.2 Å². The number of nitro groups is 1. The van der Waals surface area contributed by atoms with Gasteiger partial charge in [0, 0.05) is 49.1 Å². The number of amides is 1. The number of piperidine rings is 1. The quantitative estimate of drug-likeness (QED) is 0.604. The summed E-state index contributed by atoms with van der Waals surface area (Å²) in [5.74, 6) is -1.80. The minimum Gasteiger partial charge on any atom is -0.342 e. The lowest BCUT2D eigenvalue weighted by Gasteiger charge is -2.38. The average Bonchev–Trinajstić information content (AvgIpc) is 2.88. The summed E-state index contributed by atoms with van der Waals surface area (Å²) in [6.07, 6.45) is -3.61. The molecule has 0 radical (unpaired) electrons. The number of alkyl halides is 3. The lowest BCUT2D eigenvalue weighted by atomic mass is 10.0. The third-order valence-electron chi connectivity index (χ3n) is 4.63. The number of allylic oxidation sites excluding steroid dienone is 1. The summed E-state index contributed by atoms with van der Waals surface area (Å²) in [5.41, 5.74) is 2.35. The van der Waals surface area contributed by atoms with Crippen molar-refractivity contribution in [2.24, 2.45) is 0 Å². The summed E-state index contributed by atoms with van der Waals surface area (Å²) in [5, 5.41) is 10.9. The number of nitro benzene ring substituents is 1. The standard InChI is InChI=1S/C16H16F3N3O3/c1-10-8-11-9-13(22(24)25)2-3-14(11)21(10)12-4-6-20(7-5-12)15(23)16(17,18)19/h2-3,9,12H,1,4-8H2. The molecule has 0 atom stereocenters. The van der Waals surface area contributed by atoms with Crippen molar-refractivity contribution in [2.45, 2.75) is 31.5 Å². The number of anilines is 1. The van der Waals surface area contributed by atoms with Gasteiger partial charge in [0.25, 0.3) is 5.69 Å². The predicted octanol–water partition coefficient (Wildman–Crippen LogP) is 3.02. The summed E-state index contributed by atoms with van der Waals surface area (Å²) in [6.45, 7) is 4.03. The van der Waals surface area contributed by atoms with Gasteiger partial charge in [-0.15, -0.1) is 0 Å². The van der Waals surface area contributed by atoms with Gasteiger partial charge in [0.2, 0.25) is 0 Å². The Kier molecular flexibility index (Phi) is 4.18. The van der Waals surface area contributed by atoms with Gasteiger partial charge in [0.05, 0.1) is 4.92 Å². The van der Waals surface area contributed by atoms with Crippen LogP contribution in [0.5, 0.6) is 0 Å². The Morgan fingerprint density at radius 1 is 1.28 bits per heavy atom. The molecule has 1 aromatic rings. The first-order valence-electron chi connectivity index (χ1n) is 7.79. The van der Waals surface area contributed by atoms with E-state index in [1.54, 1.807) is 6.07 Å². The number of benzene rings is 1. The molecule has 9 heteroatoms. The number of carbonyl (C=O) groups excluding carboxylic acids is 1. The maximum atomic E-state index is 12.5. The van der Waals surface area contributed by atoms with Gasteiger partial charge in [-0.3, -0.25) is 14.9 Å². The molecule has 0 spiro atoms. The van der Waals surface area contributed by atoms with E-state index in [1.165, 1.54) is 12.1 Å². The number of fused-ring (bicyclic) bond motifs is 1. The van der Waals surface area contributed by atoms with Crippen LogP contribution in [0.3, 0.4) is 0 Å². The number of likely N-dealkylation sites (tertiary alicyclic amines) is 1. The molecular formula is C16H16F3N3O3.